The Morgan fingerprint density at radius 3 is 1.03 bits per heavy atom. The van der Waals surface area contributed by atoms with Gasteiger partial charge < -0.3 is 9.13 Å². The summed E-state index contributed by atoms with van der Waals surface area (Å²) in [5.74, 6) is 0. The molecule has 0 unspecified atom stereocenters. The van der Waals surface area contributed by atoms with Gasteiger partial charge in [-0.05, 0) is 116 Å². The van der Waals surface area contributed by atoms with Gasteiger partial charge in [0.05, 0.1) is 45.6 Å². The van der Waals surface area contributed by atoms with Gasteiger partial charge >= 0.3 is 6.18 Å². The topological polar surface area (TPSA) is 38.0 Å². The van der Waals surface area contributed by atoms with Gasteiger partial charge in [0.2, 0.25) is 0 Å². The number of rotatable bonds is 7. The third-order valence-corrected chi connectivity index (χ3v) is 13.4. The molecule has 0 N–H and O–H groups in total. The lowest BCUT2D eigenvalue weighted by atomic mass is 9.94. The molecule has 12 aromatic rings. The number of hydrogen-bond acceptors (Lipinski definition) is 1. The van der Waals surface area contributed by atoms with Crippen molar-refractivity contribution in [3.05, 3.63) is 247 Å². The van der Waals surface area contributed by atoms with Gasteiger partial charge in [0, 0.05) is 21.5 Å². The predicted molar refractivity (Wildman–Crippen MR) is 278 cm³/mol. The summed E-state index contributed by atoms with van der Waals surface area (Å²) < 4.78 is 50.0. The Morgan fingerprint density at radius 2 is 0.729 bits per heavy atom. The molecule has 10 aromatic carbocycles. The Kier molecular flexibility index (Phi) is 10.0. The van der Waals surface area contributed by atoms with Crippen LogP contribution >= 0.6 is 0 Å². The van der Waals surface area contributed by atoms with Crippen LogP contribution in [0.15, 0.2) is 224 Å². The smallest absolute Gasteiger partial charge is 0.308 e. The Bertz CT molecular complexity index is 3690. The van der Waals surface area contributed by atoms with Crippen LogP contribution in [0.25, 0.3) is 115 Å². The number of hydrogen-bond donors (Lipinski definition) is 0. The maximum Gasteiger partial charge on any atom is 0.415 e. The molecule has 0 saturated heterocycles. The van der Waals surface area contributed by atoms with Crippen LogP contribution in [0.4, 0.5) is 18.9 Å². The lowest BCUT2D eigenvalue weighted by molar-refractivity contribution is -0.137. The van der Waals surface area contributed by atoms with Gasteiger partial charge in [0.25, 0.3) is 0 Å². The molecule has 2 heterocycles. The van der Waals surface area contributed by atoms with E-state index >= 15 is 13.2 Å². The van der Waals surface area contributed by atoms with Crippen molar-refractivity contribution < 1.29 is 13.2 Å². The fourth-order valence-corrected chi connectivity index (χ4v) is 10.2. The van der Waals surface area contributed by atoms with Crippen LogP contribution in [0.1, 0.15) is 11.1 Å². The largest absolute Gasteiger partial charge is 0.415 e. The monoisotopic (exact) mass is 906 g/mol. The molecule has 0 saturated carbocycles. The molecule has 70 heavy (non-hydrogen) atoms. The fourth-order valence-electron chi connectivity index (χ4n) is 10.2. The third kappa shape index (κ3) is 7.00. The molecule has 2 aromatic heterocycles. The molecule has 0 aliphatic carbocycles. The first-order valence-electron chi connectivity index (χ1n) is 22.8. The molecule has 0 atom stereocenters. The lowest BCUT2D eigenvalue weighted by Gasteiger charge is -2.21. The van der Waals surface area contributed by atoms with E-state index in [-0.39, 0.29) is 22.4 Å². The second kappa shape index (κ2) is 16.7. The summed E-state index contributed by atoms with van der Waals surface area (Å²) in [6.07, 6.45) is -4.80. The summed E-state index contributed by atoms with van der Waals surface area (Å²) in [6.45, 7) is 8.19. The van der Waals surface area contributed by atoms with Crippen molar-refractivity contribution in [1.29, 1.82) is 5.26 Å². The highest BCUT2D eigenvalue weighted by Crippen LogP contribution is 2.47. The molecule has 4 nitrogen and oxygen atoms in total. The lowest BCUT2D eigenvalue weighted by Crippen LogP contribution is -2.09. The fraction of sp³-hybridized carbons (Fsp3) is 0.0159. The van der Waals surface area contributed by atoms with Gasteiger partial charge in [-0.3, -0.25) is 0 Å². The van der Waals surface area contributed by atoms with E-state index in [0.717, 1.165) is 94.2 Å². The number of nitrogens with zero attached hydrogens (tertiary/aromatic N) is 4. The summed E-state index contributed by atoms with van der Waals surface area (Å²) in [6, 6.07) is 74.8. The third-order valence-electron chi connectivity index (χ3n) is 13.4. The number of fused-ring (bicyclic) bond motifs is 6. The van der Waals surface area contributed by atoms with Crippen LogP contribution in [-0.4, -0.2) is 9.13 Å². The Hall–Kier alpha value is -9.43. The molecule has 0 radical (unpaired) electrons. The summed E-state index contributed by atoms with van der Waals surface area (Å²) in [5.41, 5.74) is 10.9. The minimum absolute atomic E-state index is 0.150. The molecule has 12 rings (SSSR count). The summed E-state index contributed by atoms with van der Waals surface area (Å²) in [4.78, 5) is 3.67. The standard InChI is InChI=1S/C63H37F3N4/c1-68-55-24-14-23-54(63(64,65)66)62(55)48-37-60(69-56-29-25-44(40-15-6-2-7-16-40)33-49(56)50-34-45(26-30-57(50)69)41-17-8-3-9-18-41)53(39-67)61(38-48)70-58-31-27-46(42-19-10-4-11-20-42)35-51(58)52-36-47(28-32-59(52)70)43-21-12-5-13-22-43/h2-38H. The van der Waals surface area contributed by atoms with Crippen molar-refractivity contribution in [2.45, 2.75) is 6.18 Å². The average Bonchev–Trinajstić information content (AvgIpc) is 3.92. The van der Waals surface area contributed by atoms with Crippen molar-refractivity contribution in [3.63, 3.8) is 0 Å². The molecule has 0 bridgehead atoms. The Morgan fingerprint density at radius 1 is 0.386 bits per heavy atom. The highest BCUT2D eigenvalue weighted by atomic mass is 19.4. The van der Waals surface area contributed by atoms with E-state index in [1.807, 2.05) is 130 Å². The molecule has 330 valence electrons. The Balaban J connectivity index is 1.22. The van der Waals surface area contributed by atoms with Gasteiger partial charge in [-0.2, -0.15) is 18.4 Å². The molecule has 0 aliphatic rings. The van der Waals surface area contributed by atoms with Crippen molar-refractivity contribution in [2.75, 3.05) is 0 Å². The quantitative estimate of drug-likeness (QED) is 0.147. The zero-order chi connectivity index (χ0) is 47.5. The van der Waals surface area contributed by atoms with Gasteiger partial charge in [-0.1, -0.05) is 164 Å². The molecule has 0 fully saturated rings. The number of nitriles is 1. The zero-order valence-corrected chi connectivity index (χ0v) is 37.3. The average molecular weight is 907 g/mol. The number of benzene rings is 10. The molecule has 0 spiro atoms. The van der Waals surface area contributed by atoms with Crippen molar-refractivity contribution in [2.24, 2.45) is 0 Å². The van der Waals surface area contributed by atoms with Crippen LogP contribution in [-0.2, 0) is 6.18 Å². The maximum absolute atomic E-state index is 15.3. The second-order valence-electron chi connectivity index (χ2n) is 17.4. The van der Waals surface area contributed by atoms with Crippen molar-refractivity contribution in [3.8, 4) is 73.1 Å². The maximum atomic E-state index is 15.3. The SMILES string of the molecule is [C-]#[N+]c1cccc(C(F)(F)F)c1-c1cc(-n2c3ccc(-c4ccccc4)cc3c3cc(-c4ccccc4)ccc32)c(C#N)c(-n2c3ccc(-c4ccccc4)cc3c3cc(-c4ccccc4)ccc32)c1. The Labute approximate surface area is 401 Å². The number of aromatic nitrogens is 2. The first-order valence-corrected chi connectivity index (χ1v) is 22.8. The molecular formula is C63H37F3N4. The van der Waals surface area contributed by atoms with Gasteiger partial charge in [0.1, 0.15) is 11.6 Å². The molecule has 0 amide bonds. The summed E-state index contributed by atoms with van der Waals surface area (Å²) in [7, 11) is 0. The van der Waals surface area contributed by atoms with E-state index in [9.17, 15) is 5.26 Å². The normalized spacial score (nSPS) is 11.6. The van der Waals surface area contributed by atoms with E-state index < -0.39 is 11.7 Å². The van der Waals surface area contributed by atoms with E-state index in [1.165, 1.54) is 12.1 Å². The van der Waals surface area contributed by atoms with Crippen LogP contribution in [0, 0.1) is 17.9 Å². The van der Waals surface area contributed by atoms with Crippen molar-refractivity contribution in [1.82, 2.24) is 9.13 Å². The first-order chi connectivity index (χ1) is 34.3. The van der Waals surface area contributed by atoms with Gasteiger partial charge in [-0.15, -0.1) is 0 Å². The summed E-state index contributed by atoms with van der Waals surface area (Å²) >= 11 is 0. The minimum atomic E-state index is -4.80. The minimum Gasteiger partial charge on any atom is -0.308 e. The van der Waals surface area contributed by atoms with Crippen LogP contribution < -0.4 is 0 Å². The van der Waals surface area contributed by atoms with Gasteiger partial charge in [0.15, 0.2) is 5.69 Å². The number of halogens is 3. The van der Waals surface area contributed by atoms with Crippen LogP contribution in [0.2, 0.25) is 0 Å². The molecular weight excluding hydrogens is 870 g/mol. The van der Waals surface area contributed by atoms with E-state index in [4.69, 9.17) is 6.57 Å². The number of alkyl halides is 3. The predicted octanol–water partition coefficient (Wildman–Crippen LogP) is 17.7. The van der Waals surface area contributed by atoms with E-state index in [1.54, 1.807) is 12.1 Å². The summed E-state index contributed by atoms with van der Waals surface area (Å²) in [5, 5.41) is 15.3. The highest BCUT2D eigenvalue weighted by molar-refractivity contribution is 6.14. The first kappa shape index (κ1) is 42.0. The van der Waals surface area contributed by atoms with Gasteiger partial charge in [-0.25, -0.2) is 4.85 Å². The van der Waals surface area contributed by atoms with E-state index in [0.29, 0.717) is 11.4 Å². The molecule has 0 aliphatic heterocycles. The van der Waals surface area contributed by atoms with E-state index in [2.05, 4.69) is 83.7 Å². The van der Waals surface area contributed by atoms with Crippen LogP contribution in [0.5, 0.6) is 0 Å². The second-order valence-corrected chi connectivity index (χ2v) is 17.4. The highest BCUT2D eigenvalue weighted by Gasteiger charge is 2.35. The van der Waals surface area contributed by atoms with Crippen molar-refractivity contribution >= 4 is 49.3 Å². The molecule has 7 heteroatoms. The van der Waals surface area contributed by atoms with Crippen LogP contribution in [0.3, 0.4) is 0 Å². The zero-order valence-electron chi connectivity index (χ0n) is 37.3.